The van der Waals surface area contributed by atoms with Crippen LogP contribution in [0.5, 0.6) is 0 Å². The van der Waals surface area contributed by atoms with E-state index in [0.717, 1.165) is 11.1 Å². The maximum absolute atomic E-state index is 12.3. The molecule has 0 aliphatic rings. The highest BCUT2D eigenvalue weighted by Gasteiger charge is 2.18. The number of hydrogen-bond donors (Lipinski definition) is 1. The lowest BCUT2D eigenvalue weighted by molar-refractivity contribution is -0.127. The highest BCUT2D eigenvalue weighted by atomic mass is 35.5. The van der Waals surface area contributed by atoms with Gasteiger partial charge in [0.1, 0.15) is 0 Å². The molecule has 0 spiro atoms. The molecular formula is C20H22Cl2N2O2. The van der Waals surface area contributed by atoms with Crippen LogP contribution < -0.4 is 5.32 Å². The fourth-order valence-electron chi connectivity index (χ4n) is 2.63. The first-order valence-electron chi connectivity index (χ1n) is 8.31. The Bertz CT molecular complexity index is 766. The van der Waals surface area contributed by atoms with E-state index in [-0.39, 0.29) is 18.2 Å². The standard InChI is InChI=1S/C20H22Cl2N2O2/c1-14(25)19(10-15-6-4-3-5-7-15)23-20(26)13-24(2)12-16-8-9-17(21)11-18(16)22/h3-9,11,19H,10,12-13H2,1-2H3,(H,23,26)/t19-/m1/s1. The fraction of sp³-hybridized carbons (Fsp3) is 0.300. The van der Waals surface area contributed by atoms with Gasteiger partial charge in [-0.25, -0.2) is 0 Å². The number of nitrogens with zero attached hydrogens (tertiary/aromatic N) is 1. The molecule has 0 fully saturated rings. The van der Waals surface area contributed by atoms with Gasteiger partial charge in [0.25, 0.3) is 0 Å². The summed E-state index contributed by atoms with van der Waals surface area (Å²) in [6, 6.07) is 14.4. The van der Waals surface area contributed by atoms with Gasteiger partial charge in [-0.2, -0.15) is 0 Å². The Kier molecular flexibility index (Phi) is 7.64. The molecule has 2 rings (SSSR count). The molecule has 1 atom stereocenters. The lowest BCUT2D eigenvalue weighted by Crippen LogP contribution is -2.45. The summed E-state index contributed by atoms with van der Waals surface area (Å²) >= 11 is 12.1. The normalized spacial score (nSPS) is 12.0. The molecular weight excluding hydrogens is 371 g/mol. The smallest absolute Gasteiger partial charge is 0.234 e. The largest absolute Gasteiger partial charge is 0.345 e. The van der Waals surface area contributed by atoms with Gasteiger partial charge >= 0.3 is 0 Å². The molecule has 2 aromatic rings. The lowest BCUT2D eigenvalue weighted by Gasteiger charge is -2.20. The number of hydrogen-bond acceptors (Lipinski definition) is 3. The third-order valence-corrected chi connectivity index (χ3v) is 4.56. The van der Waals surface area contributed by atoms with Crippen molar-refractivity contribution < 1.29 is 9.59 Å². The molecule has 0 saturated carbocycles. The Hall–Kier alpha value is -1.88. The third kappa shape index (κ3) is 6.45. The maximum Gasteiger partial charge on any atom is 0.234 e. The average Bonchev–Trinajstić information content (AvgIpc) is 2.57. The van der Waals surface area contributed by atoms with Gasteiger partial charge in [0.05, 0.1) is 12.6 Å². The molecule has 0 heterocycles. The Morgan fingerprint density at radius 1 is 1.12 bits per heavy atom. The number of ketones is 1. The highest BCUT2D eigenvalue weighted by Crippen LogP contribution is 2.21. The predicted octanol–water partition coefficient (Wildman–Crippen LogP) is 3.74. The summed E-state index contributed by atoms with van der Waals surface area (Å²) in [4.78, 5) is 26.0. The second-order valence-corrected chi connectivity index (χ2v) is 7.17. The molecule has 0 bridgehead atoms. The van der Waals surface area contributed by atoms with Crippen LogP contribution in [0.1, 0.15) is 18.1 Å². The van der Waals surface area contributed by atoms with E-state index in [1.807, 2.05) is 48.3 Å². The zero-order valence-electron chi connectivity index (χ0n) is 14.8. The van der Waals surface area contributed by atoms with Crippen LogP contribution in [0.15, 0.2) is 48.5 Å². The summed E-state index contributed by atoms with van der Waals surface area (Å²) in [5.74, 6) is -0.265. The average molecular weight is 393 g/mol. The SMILES string of the molecule is CC(=O)[C@@H](Cc1ccccc1)NC(=O)CN(C)Cc1ccc(Cl)cc1Cl. The Balaban J connectivity index is 1.91. The van der Waals surface area contributed by atoms with Crippen molar-refractivity contribution >= 4 is 34.9 Å². The van der Waals surface area contributed by atoms with E-state index in [1.165, 1.54) is 6.92 Å². The van der Waals surface area contributed by atoms with E-state index in [0.29, 0.717) is 23.0 Å². The molecule has 0 aliphatic carbocycles. The van der Waals surface area contributed by atoms with Crippen LogP contribution in [0.25, 0.3) is 0 Å². The molecule has 0 unspecified atom stereocenters. The highest BCUT2D eigenvalue weighted by molar-refractivity contribution is 6.35. The van der Waals surface area contributed by atoms with Crippen molar-refractivity contribution in [2.24, 2.45) is 0 Å². The van der Waals surface area contributed by atoms with Gasteiger partial charge in [-0.1, -0.05) is 59.6 Å². The lowest BCUT2D eigenvalue weighted by atomic mass is 10.0. The predicted molar refractivity (Wildman–Crippen MR) is 106 cm³/mol. The van der Waals surface area contributed by atoms with Crippen LogP contribution >= 0.6 is 23.2 Å². The molecule has 0 aromatic heterocycles. The van der Waals surface area contributed by atoms with Gasteiger partial charge < -0.3 is 5.32 Å². The fourth-order valence-corrected chi connectivity index (χ4v) is 3.10. The number of likely N-dealkylation sites (N-methyl/N-ethyl adjacent to an activating group) is 1. The number of carbonyl (C=O) groups excluding carboxylic acids is 2. The number of rotatable bonds is 8. The van der Waals surface area contributed by atoms with Gasteiger partial charge in [0, 0.05) is 16.6 Å². The number of halogens is 2. The summed E-state index contributed by atoms with van der Waals surface area (Å²) in [7, 11) is 1.82. The molecule has 0 aliphatic heterocycles. The van der Waals surface area contributed by atoms with Crippen molar-refractivity contribution in [1.29, 1.82) is 0 Å². The first-order chi connectivity index (χ1) is 12.3. The van der Waals surface area contributed by atoms with Crippen molar-refractivity contribution in [2.45, 2.75) is 25.9 Å². The van der Waals surface area contributed by atoms with Crippen LogP contribution in [0.2, 0.25) is 10.0 Å². The zero-order chi connectivity index (χ0) is 19.1. The quantitative estimate of drug-likeness (QED) is 0.744. The van der Waals surface area contributed by atoms with Gasteiger partial charge in [-0.15, -0.1) is 0 Å². The van der Waals surface area contributed by atoms with Gasteiger partial charge in [-0.05, 0) is 43.7 Å². The van der Waals surface area contributed by atoms with Crippen molar-refractivity contribution in [3.63, 3.8) is 0 Å². The first-order valence-corrected chi connectivity index (χ1v) is 9.07. The van der Waals surface area contributed by atoms with Crippen LogP contribution in [0, 0.1) is 0 Å². The van der Waals surface area contributed by atoms with E-state index in [9.17, 15) is 9.59 Å². The molecule has 2 aromatic carbocycles. The maximum atomic E-state index is 12.3. The van der Waals surface area contributed by atoms with Gasteiger partial charge in [0.2, 0.25) is 5.91 Å². The second kappa shape index (κ2) is 9.72. The van der Waals surface area contributed by atoms with Crippen LogP contribution in [0.4, 0.5) is 0 Å². The van der Waals surface area contributed by atoms with Crippen LogP contribution in [0.3, 0.4) is 0 Å². The Morgan fingerprint density at radius 2 is 1.81 bits per heavy atom. The molecule has 1 amide bonds. The second-order valence-electron chi connectivity index (χ2n) is 6.33. The van der Waals surface area contributed by atoms with Gasteiger partial charge in [-0.3, -0.25) is 14.5 Å². The summed E-state index contributed by atoms with van der Waals surface area (Å²) in [6.45, 7) is 2.16. The summed E-state index contributed by atoms with van der Waals surface area (Å²) < 4.78 is 0. The Morgan fingerprint density at radius 3 is 2.42 bits per heavy atom. The van der Waals surface area contributed by atoms with E-state index in [4.69, 9.17) is 23.2 Å². The number of Topliss-reactive ketones (excluding diaryl/α,β-unsaturated/α-hetero) is 1. The molecule has 26 heavy (non-hydrogen) atoms. The molecule has 138 valence electrons. The Labute approximate surface area is 164 Å². The first kappa shape index (κ1) is 20.4. The van der Waals surface area contributed by atoms with E-state index in [2.05, 4.69) is 5.32 Å². The van der Waals surface area contributed by atoms with Crippen LogP contribution in [-0.2, 0) is 22.6 Å². The zero-order valence-corrected chi connectivity index (χ0v) is 16.3. The van der Waals surface area contributed by atoms with Crippen molar-refractivity contribution in [3.8, 4) is 0 Å². The minimum Gasteiger partial charge on any atom is -0.345 e. The minimum atomic E-state index is -0.530. The van der Waals surface area contributed by atoms with Crippen molar-refractivity contribution in [2.75, 3.05) is 13.6 Å². The molecule has 1 N–H and O–H groups in total. The van der Waals surface area contributed by atoms with Crippen molar-refractivity contribution in [1.82, 2.24) is 10.2 Å². The van der Waals surface area contributed by atoms with Crippen molar-refractivity contribution in [3.05, 3.63) is 69.7 Å². The number of carbonyl (C=O) groups is 2. The summed E-state index contributed by atoms with van der Waals surface area (Å²) in [5, 5.41) is 3.96. The molecule has 6 heteroatoms. The summed E-state index contributed by atoms with van der Waals surface area (Å²) in [6.07, 6.45) is 0.481. The summed E-state index contributed by atoms with van der Waals surface area (Å²) in [5.41, 5.74) is 1.90. The van der Waals surface area contributed by atoms with E-state index in [1.54, 1.807) is 12.1 Å². The number of benzene rings is 2. The van der Waals surface area contributed by atoms with Gasteiger partial charge in [0.15, 0.2) is 5.78 Å². The number of amides is 1. The minimum absolute atomic E-state index is 0.0643. The topological polar surface area (TPSA) is 49.4 Å². The third-order valence-electron chi connectivity index (χ3n) is 3.98. The van der Waals surface area contributed by atoms with E-state index < -0.39 is 6.04 Å². The molecule has 0 saturated heterocycles. The number of nitrogens with one attached hydrogen (secondary N) is 1. The molecule has 0 radical (unpaired) electrons. The molecule has 4 nitrogen and oxygen atoms in total. The van der Waals surface area contributed by atoms with E-state index >= 15 is 0 Å². The van der Waals surface area contributed by atoms with Crippen LogP contribution in [-0.4, -0.2) is 36.2 Å². The monoisotopic (exact) mass is 392 g/mol.